The van der Waals surface area contributed by atoms with Crippen molar-refractivity contribution < 1.29 is 0 Å². The SMILES string of the molecule is CCc1ccc(CC(N)C2(c3ccccc3)CC2)nc1. The molecule has 104 valence electrons. The van der Waals surface area contributed by atoms with Crippen LogP contribution in [-0.2, 0) is 18.3 Å². The van der Waals surface area contributed by atoms with Crippen LogP contribution >= 0.6 is 0 Å². The molecule has 3 rings (SSSR count). The average molecular weight is 266 g/mol. The van der Waals surface area contributed by atoms with Crippen molar-refractivity contribution in [1.29, 1.82) is 0 Å². The zero-order chi connectivity index (χ0) is 14.0. The largest absolute Gasteiger partial charge is 0.327 e. The quantitative estimate of drug-likeness (QED) is 0.902. The van der Waals surface area contributed by atoms with Gasteiger partial charge in [-0.2, -0.15) is 0 Å². The Bertz CT molecular complexity index is 556. The third-order valence-corrected chi connectivity index (χ3v) is 4.57. The highest BCUT2D eigenvalue weighted by atomic mass is 14.8. The average Bonchev–Trinajstić information content (AvgIpc) is 3.31. The Balaban J connectivity index is 1.74. The summed E-state index contributed by atoms with van der Waals surface area (Å²) in [5.41, 5.74) is 10.5. The molecule has 1 aromatic heterocycles. The minimum Gasteiger partial charge on any atom is -0.327 e. The van der Waals surface area contributed by atoms with Gasteiger partial charge in [0.05, 0.1) is 0 Å². The molecule has 1 saturated carbocycles. The molecule has 0 bridgehead atoms. The van der Waals surface area contributed by atoms with Crippen LogP contribution in [0.1, 0.15) is 36.6 Å². The lowest BCUT2D eigenvalue weighted by molar-refractivity contribution is 0.509. The third kappa shape index (κ3) is 2.48. The van der Waals surface area contributed by atoms with Crippen molar-refractivity contribution in [2.45, 2.75) is 44.1 Å². The molecule has 0 amide bonds. The monoisotopic (exact) mass is 266 g/mol. The van der Waals surface area contributed by atoms with Gasteiger partial charge < -0.3 is 5.73 Å². The Morgan fingerprint density at radius 1 is 1.15 bits per heavy atom. The zero-order valence-corrected chi connectivity index (χ0v) is 12.0. The fraction of sp³-hybridized carbons (Fsp3) is 0.389. The molecular weight excluding hydrogens is 244 g/mol. The van der Waals surface area contributed by atoms with E-state index < -0.39 is 0 Å². The van der Waals surface area contributed by atoms with E-state index in [1.807, 2.05) is 6.20 Å². The summed E-state index contributed by atoms with van der Waals surface area (Å²) in [6.45, 7) is 2.15. The molecule has 2 aromatic rings. The summed E-state index contributed by atoms with van der Waals surface area (Å²) in [6, 6.07) is 15.1. The molecular formula is C18H22N2. The van der Waals surface area contributed by atoms with Crippen LogP contribution in [0.2, 0.25) is 0 Å². The van der Waals surface area contributed by atoms with Gasteiger partial charge in [0, 0.05) is 29.8 Å². The summed E-state index contributed by atoms with van der Waals surface area (Å²) in [5.74, 6) is 0. The van der Waals surface area contributed by atoms with Crippen LogP contribution < -0.4 is 5.73 Å². The van der Waals surface area contributed by atoms with Gasteiger partial charge in [-0.15, -0.1) is 0 Å². The van der Waals surface area contributed by atoms with E-state index in [9.17, 15) is 0 Å². The van der Waals surface area contributed by atoms with Crippen LogP contribution in [0.5, 0.6) is 0 Å². The maximum atomic E-state index is 6.51. The van der Waals surface area contributed by atoms with Crippen molar-refractivity contribution in [2.75, 3.05) is 0 Å². The lowest BCUT2D eigenvalue weighted by Crippen LogP contribution is -2.37. The molecule has 2 heteroatoms. The molecule has 2 nitrogen and oxygen atoms in total. The minimum atomic E-state index is 0.157. The molecule has 1 aliphatic carbocycles. The highest BCUT2D eigenvalue weighted by Gasteiger charge is 2.48. The number of benzene rings is 1. The number of pyridine rings is 1. The van der Waals surface area contributed by atoms with Crippen molar-refractivity contribution >= 4 is 0 Å². The van der Waals surface area contributed by atoms with Gasteiger partial charge in [0.15, 0.2) is 0 Å². The fourth-order valence-corrected chi connectivity index (χ4v) is 2.98. The number of aryl methyl sites for hydroxylation is 1. The second-order valence-electron chi connectivity index (χ2n) is 5.84. The second-order valence-corrected chi connectivity index (χ2v) is 5.84. The summed E-state index contributed by atoms with van der Waals surface area (Å²) in [7, 11) is 0. The van der Waals surface area contributed by atoms with E-state index in [-0.39, 0.29) is 11.5 Å². The first-order valence-electron chi connectivity index (χ1n) is 7.49. The zero-order valence-electron chi connectivity index (χ0n) is 12.0. The Morgan fingerprint density at radius 3 is 2.45 bits per heavy atom. The summed E-state index contributed by atoms with van der Waals surface area (Å²) in [4.78, 5) is 4.54. The Hall–Kier alpha value is -1.67. The predicted molar refractivity (Wildman–Crippen MR) is 82.6 cm³/mol. The van der Waals surface area contributed by atoms with Crippen molar-refractivity contribution in [2.24, 2.45) is 5.73 Å². The summed E-state index contributed by atoms with van der Waals surface area (Å²) < 4.78 is 0. The third-order valence-electron chi connectivity index (χ3n) is 4.57. The van der Waals surface area contributed by atoms with Gasteiger partial charge >= 0.3 is 0 Å². The van der Waals surface area contributed by atoms with Crippen LogP contribution in [0.4, 0.5) is 0 Å². The van der Waals surface area contributed by atoms with Crippen LogP contribution in [-0.4, -0.2) is 11.0 Å². The van der Waals surface area contributed by atoms with Crippen LogP contribution in [0, 0.1) is 0 Å². The minimum absolute atomic E-state index is 0.157. The van der Waals surface area contributed by atoms with E-state index in [1.165, 1.54) is 24.0 Å². The van der Waals surface area contributed by atoms with E-state index in [0.717, 1.165) is 18.5 Å². The summed E-state index contributed by atoms with van der Waals surface area (Å²) in [6.07, 6.45) is 6.27. The van der Waals surface area contributed by atoms with E-state index >= 15 is 0 Å². The molecule has 1 unspecified atom stereocenters. The summed E-state index contributed by atoms with van der Waals surface area (Å²) in [5, 5.41) is 0. The van der Waals surface area contributed by atoms with Crippen molar-refractivity contribution in [3.63, 3.8) is 0 Å². The van der Waals surface area contributed by atoms with E-state index in [4.69, 9.17) is 5.73 Å². The summed E-state index contributed by atoms with van der Waals surface area (Å²) >= 11 is 0. The normalized spacial score (nSPS) is 17.7. The van der Waals surface area contributed by atoms with Gasteiger partial charge in [0.1, 0.15) is 0 Å². The maximum absolute atomic E-state index is 6.51. The molecule has 1 aliphatic rings. The highest BCUT2D eigenvalue weighted by Crippen LogP contribution is 2.50. The van der Waals surface area contributed by atoms with Crippen molar-refractivity contribution in [3.05, 3.63) is 65.5 Å². The molecule has 20 heavy (non-hydrogen) atoms. The first-order valence-corrected chi connectivity index (χ1v) is 7.49. The van der Waals surface area contributed by atoms with Gasteiger partial charge in [-0.25, -0.2) is 0 Å². The van der Waals surface area contributed by atoms with Crippen LogP contribution in [0.3, 0.4) is 0 Å². The molecule has 1 aromatic carbocycles. The van der Waals surface area contributed by atoms with Crippen molar-refractivity contribution in [1.82, 2.24) is 4.98 Å². The number of nitrogens with two attached hydrogens (primary N) is 1. The molecule has 1 heterocycles. The first kappa shape index (κ1) is 13.3. The number of aromatic nitrogens is 1. The van der Waals surface area contributed by atoms with Gasteiger partial charge in [-0.3, -0.25) is 4.98 Å². The Labute approximate surface area is 121 Å². The highest BCUT2D eigenvalue weighted by molar-refractivity contribution is 5.34. The molecule has 1 atom stereocenters. The van der Waals surface area contributed by atoms with Gasteiger partial charge in [-0.05, 0) is 36.5 Å². The van der Waals surface area contributed by atoms with E-state index in [2.05, 4.69) is 54.4 Å². The van der Waals surface area contributed by atoms with Gasteiger partial charge in [0.25, 0.3) is 0 Å². The van der Waals surface area contributed by atoms with Crippen molar-refractivity contribution in [3.8, 4) is 0 Å². The number of rotatable bonds is 5. The number of hydrogen-bond acceptors (Lipinski definition) is 2. The topological polar surface area (TPSA) is 38.9 Å². The smallest absolute Gasteiger partial charge is 0.0419 e. The van der Waals surface area contributed by atoms with E-state index in [0.29, 0.717) is 0 Å². The molecule has 1 fully saturated rings. The number of hydrogen-bond donors (Lipinski definition) is 1. The lowest BCUT2D eigenvalue weighted by Gasteiger charge is -2.23. The predicted octanol–water partition coefficient (Wildman–Crippen LogP) is 3.25. The Kier molecular flexibility index (Phi) is 3.58. The Morgan fingerprint density at radius 2 is 1.90 bits per heavy atom. The maximum Gasteiger partial charge on any atom is 0.0419 e. The number of nitrogens with zero attached hydrogens (tertiary/aromatic N) is 1. The standard InChI is InChI=1S/C18H22N2/c1-2-14-8-9-16(20-13-14)12-17(19)18(10-11-18)15-6-4-3-5-7-15/h3-9,13,17H,2,10-12,19H2,1H3. The van der Waals surface area contributed by atoms with Gasteiger partial charge in [0.2, 0.25) is 0 Å². The van der Waals surface area contributed by atoms with E-state index in [1.54, 1.807) is 0 Å². The van der Waals surface area contributed by atoms with Crippen LogP contribution in [0.25, 0.3) is 0 Å². The molecule has 0 saturated heterocycles. The lowest BCUT2D eigenvalue weighted by atomic mass is 9.86. The van der Waals surface area contributed by atoms with Crippen LogP contribution in [0.15, 0.2) is 48.7 Å². The molecule has 0 aliphatic heterocycles. The molecule has 2 N–H and O–H groups in total. The second kappa shape index (κ2) is 5.37. The fourth-order valence-electron chi connectivity index (χ4n) is 2.98. The molecule has 0 spiro atoms. The first-order chi connectivity index (χ1) is 9.74. The molecule has 0 radical (unpaired) electrons. The van der Waals surface area contributed by atoms with Gasteiger partial charge in [-0.1, -0.05) is 43.3 Å².